The zero-order valence-corrected chi connectivity index (χ0v) is 4.59. The summed E-state index contributed by atoms with van der Waals surface area (Å²) in [6.07, 6.45) is 1.29. The second-order valence-corrected chi connectivity index (χ2v) is 1.57. The Morgan fingerprint density at radius 2 is 2.22 bits per heavy atom. The van der Waals surface area contributed by atoms with E-state index >= 15 is 0 Å². The van der Waals surface area contributed by atoms with Crippen molar-refractivity contribution in [2.24, 2.45) is 0 Å². The molecule has 48 valence electrons. The summed E-state index contributed by atoms with van der Waals surface area (Å²) >= 11 is 0. The molecule has 0 aliphatic heterocycles. The number of H-pyrrole nitrogens is 1. The molecule has 0 saturated carbocycles. The quantitative estimate of drug-likeness (QED) is 0.412. The second kappa shape index (κ2) is 1.77. The van der Waals surface area contributed by atoms with E-state index in [0.29, 0.717) is 0 Å². The summed E-state index contributed by atoms with van der Waals surface area (Å²) in [6.45, 7) is 0. The number of nitrogen functional groups attached to an aromatic ring is 2. The highest BCUT2D eigenvalue weighted by Crippen LogP contribution is 2.01. The first kappa shape index (κ1) is 5.61. The summed E-state index contributed by atoms with van der Waals surface area (Å²) in [5.74, 6) is 0. The summed E-state index contributed by atoms with van der Waals surface area (Å²) in [5, 5.41) is 5.53. The van der Waals surface area contributed by atoms with Gasteiger partial charge in [0.15, 0.2) is 0 Å². The Morgan fingerprint density at radius 3 is 2.67 bits per heavy atom. The number of anilines is 2. The van der Waals surface area contributed by atoms with Gasteiger partial charge in [0.25, 0.3) is 5.56 Å². The minimum atomic E-state index is -0.449. The van der Waals surface area contributed by atoms with Crippen molar-refractivity contribution in [2.45, 2.75) is 0 Å². The van der Waals surface area contributed by atoms with Crippen LogP contribution in [0.3, 0.4) is 0 Å². The Labute approximate surface area is 50.7 Å². The zero-order chi connectivity index (χ0) is 6.85. The molecule has 0 fully saturated rings. The van der Waals surface area contributed by atoms with Crippen LogP contribution in [0, 0.1) is 0 Å². The van der Waals surface area contributed by atoms with Gasteiger partial charge < -0.3 is 11.5 Å². The van der Waals surface area contributed by atoms with Crippen LogP contribution in [0.15, 0.2) is 11.0 Å². The molecule has 0 bridgehead atoms. The summed E-state index contributed by atoms with van der Waals surface area (Å²) in [6, 6.07) is 0. The maximum absolute atomic E-state index is 10.5. The Hall–Kier alpha value is -1.52. The van der Waals surface area contributed by atoms with Gasteiger partial charge in [0.05, 0.1) is 11.9 Å². The SMILES string of the molecule is Nc1cn[nH]c(=O)c1N. The van der Waals surface area contributed by atoms with Gasteiger partial charge >= 0.3 is 0 Å². The number of hydrogen-bond acceptors (Lipinski definition) is 4. The maximum Gasteiger partial charge on any atom is 0.289 e. The van der Waals surface area contributed by atoms with Crippen LogP contribution in [-0.4, -0.2) is 10.2 Å². The van der Waals surface area contributed by atoms with Crippen LogP contribution in [0.25, 0.3) is 0 Å². The number of nitrogens with zero attached hydrogens (tertiary/aromatic N) is 1. The van der Waals surface area contributed by atoms with Gasteiger partial charge in [0, 0.05) is 0 Å². The Kier molecular flexibility index (Phi) is 1.11. The molecule has 9 heavy (non-hydrogen) atoms. The molecule has 1 aromatic heterocycles. The Bertz CT molecular complexity index is 266. The van der Waals surface area contributed by atoms with Gasteiger partial charge in [-0.05, 0) is 0 Å². The van der Waals surface area contributed by atoms with Crippen LogP contribution in [-0.2, 0) is 0 Å². The highest BCUT2D eigenvalue weighted by atomic mass is 16.1. The summed E-state index contributed by atoms with van der Waals surface area (Å²) in [4.78, 5) is 10.5. The lowest BCUT2D eigenvalue weighted by Crippen LogP contribution is -2.14. The van der Waals surface area contributed by atoms with E-state index < -0.39 is 5.56 Å². The van der Waals surface area contributed by atoms with E-state index in [-0.39, 0.29) is 11.4 Å². The summed E-state index contributed by atoms with van der Waals surface area (Å²) in [7, 11) is 0. The molecule has 0 amide bonds. The number of nitrogens with one attached hydrogen (secondary N) is 1. The van der Waals surface area contributed by atoms with Crippen molar-refractivity contribution < 1.29 is 0 Å². The Balaban J connectivity index is 3.43. The van der Waals surface area contributed by atoms with Crippen LogP contribution in [0.2, 0.25) is 0 Å². The van der Waals surface area contributed by atoms with Crippen LogP contribution in [0.1, 0.15) is 0 Å². The van der Waals surface area contributed by atoms with Crippen molar-refractivity contribution in [1.82, 2.24) is 10.2 Å². The van der Waals surface area contributed by atoms with Crippen LogP contribution in [0.4, 0.5) is 11.4 Å². The van der Waals surface area contributed by atoms with Gasteiger partial charge in [-0.2, -0.15) is 5.10 Å². The zero-order valence-electron chi connectivity index (χ0n) is 4.59. The fourth-order valence-corrected chi connectivity index (χ4v) is 0.421. The molecule has 0 aliphatic rings. The molecule has 0 spiro atoms. The van der Waals surface area contributed by atoms with Gasteiger partial charge in [0.2, 0.25) is 0 Å². The first-order chi connectivity index (χ1) is 4.22. The first-order valence-corrected chi connectivity index (χ1v) is 2.30. The third-order valence-corrected chi connectivity index (χ3v) is 0.925. The van der Waals surface area contributed by atoms with E-state index in [4.69, 9.17) is 11.5 Å². The summed E-state index contributed by atoms with van der Waals surface area (Å²) in [5.41, 5.74) is 10.2. The van der Waals surface area contributed by atoms with Crippen LogP contribution < -0.4 is 17.0 Å². The molecule has 1 heterocycles. The van der Waals surface area contributed by atoms with Gasteiger partial charge in [-0.15, -0.1) is 0 Å². The van der Waals surface area contributed by atoms with Crippen LogP contribution in [0.5, 0.6) is 0 Å². The van der Waals surface area contributed by atoms with E-state index in [1.165, 1.54) is 6.20 Å². The van der Waals surface area contributed by atoms with E-state index in [1.54, 1.807) is 0 Å². The standard InChI is InChI=1S/C4H6N4O/c5-2-1-7-8-4(9)3(2)6/h1H,(H2,6,7)(H3,5,8,9). The van der Waals surface area contributed by atoms with Crippen LogP contribution >= 0.6 is 0 Å². The van der Waals surface area contributed by atoms with E-state index in [0.717, 1.165) is 0 Å². The molecule has 5 nitrogen and oxygen atoms in total. The molecule has 0 aliphatic carbocycles. The van der Waals surface area contributed by atoms with Gasteiger partial charge in [-0.25, -0.2) is 5.10 Å². The third-order valence-electron chi connectivity index (χ3n) is 0.925. The molecule has 5 heteroatoms. The monoisotopic (exact) mass is 126 g/mol. The number of hydrogen-bond donors (Lipinski definition) is 3. The molecule has 5 N–H and O–H groups in total. The molecular weight excluding hydrogens is 120 g/mol. The van der Waals surface area contributed by atoms with Gasteiger partial charge in [0.1, 0.15) is 5.69 Å². The lowest BCUT2D eigenvalue weighted by atomic mass is 10.4. The smallest absolute Gasteiger partial charge is 0.289 e. The predicted molar refractivity (Wildman–Crippen MR) is 33.7 cm³/mol. The molecule has 0 saturated heterocycles. The fraction of sp³-hybridized carbons (Fsp3) is 0. The van der Waals surface area contributed by atoms with Crippen molar-refractivity contribution in [2.75, 3.05) is 11.5 Å². The first-order valence-electron chi connectivity index (χ1n) is 2.30. The van der Waals surface area contributed by atoms with Gasteiger partial charge in [-0.3, -0.25) is 4.79 Å². The van der Waals surface area contributed by atoms with Crippen molar-refractivity contribution in [3.05, 3.63) is 16.6 Å². The molecule has 1 aromatic rings. The highest BCUT2D eigenvalue weighted by Gasteiger charge is 1.95. The molecular formula is C4H6N4O. The molecule has 0 aromatic carbocycles. The fourth-order valence-electron chi connectivity index (χ4n) is 0.421. The summed E-state index contributed by atoms with van der Waals surface area (Å²) < 4.78 is 0. The number of rotatable bonds is 0. The second-order valence-electron chi connectivity index (χ2n) is 1.57. The lowest BCUT2D eigenvalue weighted by molar-refractivity contribution is 0.996. The predicted octanol–water partition coefficient (Wildman–Crippen LogP) is -1.07. The van der Waals surface area contributed by atoms with Crippen molar-refractivity contribution >= 4 is 11.4 Å². The Morgan fingerprint density at radius 1 is 1.56 bits per heavy atom. The number of aromatic amines is 1. The van der Waals surface area contributed by atoms with E-state index in [2.05, 4.69) is 10.2 Å². The van der Waals surface area contributed by atoms with Gasteiger partial charge in [-0.1, -0.05) is 0 Å². The molecule has 1 rings (SSSR count). The largest absolute Gasteiger partial charge is 0.396 e. The average Bonchev–Trinajstić information content (AvgIpc) is 1.83. The molecule has 0 radical (unpaired) electrons. The third kappa shape index (κ3) is 0.835. The molecule has 0 atom stereocenters. The van der Waals surface area contributed by atoms with E-state index in [9.17, 15) is 4.79 Å². The number of aromatic nitrogens is 2. The van der Waals surface area contributed by atoms with E-state index in [1.807, 2.05) is 0 Å². The average molecular weight is 126 g/mol. The minimum absolute atomic E-state index is 0.0185. The normalized spacial score (nSPS) is 9.33. The van der Waals surface area contributed by atoms with Crippen molar-refractivity contribution in [1.29, 1.82) is 0 Å². The van der Waals surface area contributed by atoms with Crippen molar-refractivity contribution in [3.8, 4) is 0 Å². The minimum Gasteiger partial charge on any atom is -0.396 e. The number of nitrogens with two attached hydrogens (primary N) is 2. The van der Waals surface area contributed by atoms with Crippen molar-refractivity contribution in [3.63, 3.8) is 0 Å². The molecule has 0 unspecified atom stereocenters. The topological polar surface area (TPSA) is 97.8 Å². The maximum atomic E-state index is 10.5. The lowest BCUT2D eigenvalue weighted by Gasteiger charge is -1.92. The highest BCUT2D eigenvalue weighted by molar-refractivity contribution is 5.59.